The van der Waals surface area contributed by atoms with Gasteiger partial charge < -0.3 is 5.11 Å². The summed E-state index contributed by atoms with van der Waals surface area (Å²) in [5, 5.41) is 9.81. The van der Waals surface area contributed by atoms with Crippen LogP contribution < -0.4 is 0 Å². The van der Waals surface area contributed by atoms with E-state index in [1.807, 2.05) is 0 Å². The Bertz CT molecular complexity index is 329. The van der Waals surface area contributed by atoms with E-state index in [0.717, 1.165) is 12.0 Å². The van der Waals surface area contributed by atoms with E-state index in [0.29, 0.717) is 5.92 Å². The van der Waals surface area contributed by atoms with Crippen molar-refractivity contribution in [3.05, 3.63) is 48.3 Å². The fourth-order valence-corrected chi connectivity index (χ4v) is 1.82. The molecular weight excluding hydrogens is 203 g/mol. The number of halogens is 1. The third kappa shape index (κ3) is 3.46. The van der Waals surface area contributed by atoms with Crippen LogP contribution in [0.5, 0.6) is 0 Å². The Kier molecular flexibility index (Phi) is 4.69. The zero-order valence-corrected chi connectivity index (χ0v) is 9.86. The van der Waals surface area contributed by atoms with Gasteiger partial charge in [0.1, 0.15) is 5.82 Å². The maximum absolute atomic E-state index is 12.7. The van der Waals surface area contributed by atoms with Gasteiger partial charge in [-0.2, -0.15) is 0 Å². The van der Waals surface area contributed by atoms with E-state index in [-0.39, 0.29) is 11.7 Å². The molecule has 2 atom stereocenters. The summed E-state index contributed by atoms with van der Waals surface area (Å²) in [7, 11) is 0. The van der Waals surface area contributed by atoms with Gasteiger partial charge in [-0.15, -0.1) is 6.58 Å². The maximum Gasteiger partial charge on any atom is 0.123 e. The second-order valence-electron chi connectivity index (χ2n) is 4.46. The van der Waals surface area contributed by atoms with Crippen LogP contribution in [0.15, 0.2) is 36.9 Å². The Labute approximate surface area is 96.6 Å². The highest BCUT2D eigenvalue weighted by atomic mass is 19.1. The minimum Gasteiger partial charge on any atom is -0.389 e. The van der Waals surface area contributed by atoms with Crippen LogP contribution in [0.4, 0.5) is 4.39 Å². The first-order valence-corrected chi connectivity index (χ1v) is 5.59. The average Bonchev–Trinajstić information content (AvgIpc) is 2.27. The number of aliphatic hydroxyl groups is 1. The second-order valence-corrected chi connectivity index (χ2v) is 4.46. The molecule has 1 aromatic carbocycles. The number of hydrogen-bond donors (Lipinski definition) is 1. The van der Waals surface area contributed by atoms with Crippen molar-refractivity contribution < 1.29 is 9.50 Å². The highest BCUT2D eigenvalue weighted by Crippen LogP contribution is 2.21. The molecule has 0 saturated heterocycles. The van der Waals surface area contributed by atoms with Crippen molar-refractivity contribution in [2.75, 3.05) is 0 Å². The van der Waals surface area contributed by atoms with E-state index in [1.165, 1.54) is 12.1 Å². The fraction of sp³-hybridized carbons (Fsp3) is 0.429. The van der Waals surface area contributed by atoms with E-state index in [9.17, 15) is 9.50 Å². The molecule has 0 radical (unpaired) electrons. The van der Waals surface area contributed by atoms with Crippen LogP contribution in [0.2, 0.25) is 0 Å². The van der Waals surface area contributed by atoms with Crippen molar-refractivity contribution in [3.63, 3.8) is 0 Å². The Morgan fingerprint density at radius 1 is 1.31 bits per heavy atom. The molecule has 0 bridgehead atoms. The standard InChI is InChI=1S/C14H19FO/c1-4-14(16)13(10(2)3)9-11-5-7-12(15)8-6-11/h4-8,10,13-14,16H,1,9H2,2-3H3/t13-,14+/m0/s1. The highest BCUT2D eigenvalue weighted by Gasteiger charge is 2.20. The first-order chi connectivity index (χ1) is 7.54. The number of benzene rings is 1. The third-order valence-corrected chi connectivity index (χ3v) is 2.92. The molecule has 2 heteroatoms. The van der Waals surface area contributed by atoms with Crippen LogP contribution in [0.3, 0.4) is 0 Å². The van der Waals surface area contributed by atoms with Crippen molar-refractivity contribution in [3.8, 4) is 0 Å². The lowest BCUT2D eigenvalue weighted by Gasteiger charge is -2.24. The van der Waals surface area contributed by atoms with Gasteiger partial charge in [-0.25, -0.2) is 4.39 Å². The largest absolute Gasteiger partial charge is 0.389 e. The van der Waals surface area contributed by atoms with Crippen LogP contribution in [0.25, 0.3) is 0 Å². The van der Waals surface area contributed by atoms with Crippen molar-refractivity contribution in [2.24, 2.45) is 11.8 Å². The van der Waals surface area contributed by atoms with Gasteiger partial charge in [0, 0.05) is 0 Å². The zero-order chi connectivity index (χ0) is 12.1. The quantitative estimate of drug-likeness (QED) is 0.759. The molecule has 1 rings (SSSR count). The smallest absolute Gasteiger partial charge is 0.123 e. The Hall–Kier alpha value is -1.15. The van der Waals surface area contributed by atoms with E-state index in [4.69, 9.17) is 0 Å². The Morgan fingerprint density at radius 2 is 1.88 bits per heavy atom. The second kappa shape index (κ2) is 5.80. The SMILES string of the molecule is C=C[C@@H](O)[C@@H](Cc1ccc(F)cc1)C(C)C. The van der Waals surface area contributed by atoms with Crippen LogP contribution in [0, 0.1) is 17.7 Å². The molecule has 0 heterocycles. The van der Waals surface area contributed by atoms with Crippen LogP contribution in [-0.4, -0.2) is 11.2 Å². The molecule has 0 aliphatic rings. The predicted octanol–water partition coefficient (Wildman–Crippen LogP) is 3.19. The summed E-state index contributed by atoms with van der Waals surface area (Å²) in [6.45, 7) is 7.75. The molecule has 0 unspecified atom stereocenters. The molecule has 0 aliphatic heterocycles. The summed E-state index contributed by atoms with van der Waals surface area (Å²) in [6.07, 6.45) is 1.80. The van der Waals surface area contributed by atoms with E-state index < -0.39 is 6.10 Å². The molecule has 0 fully saturated rings. The number of hydrogen-bond acceptors (Lipinski definition) is 1. The molecule has 1 nitrogen and oxygen atoms in total. The van der Waals surface area contributed by atoms with Gasteiger partial charge in [0.2, 0.25) is 0 Å². The predicted molar refractivity (Wildman–Crippen MR) is 64.6 cm³/mol. The summed E-state index contributed by atoms with van der Waals surface area (Å²) in [5.74, 6) is 0.259. The summed E-state index contributed by atoms with van der Waals surface area (Å²) in [4.78, 5) is 0. The number of aliphatic hydroxyl groups excluding tert-OH is 1. The Morgan fingerprint density at radius 3 is 2.31 bits per heavy atom. The lowest BCUT2D eigenvalue weighted by atomic mass is 9.85. The molecule has 1 aromatic rings. The molecular formula is C14H19FO. The summed E-state index contributed by atoms with van der Waals surface area (Å²) in [5.41, 5.74) is 1.04. The number of rotatable bonds is 5. The van der Waals surface area contributed by atoms with Crippen molar-refractivity contribution in [2.45, 2.75) is 26.4 Å². The summed E-state index contributed by atoms with van der Waals surface area (Å²) in [6, 6.07) is 6.43. The Balaban J connectivity index is 2.75. The van der Waals surface area contributed by atoms with E-state index in [1.54, 1.807) is 18.2 Å². The van der Waals surface area contributed by atoms with E-state index >= 15 is 0 Å². The topological polar surface area (TPSA) is 20.2 Å². The monoisotopic (exact) mass is 222 g/mol. The van der Waals surface area contributed by atoms with Gasteiger partial charge in [-0.1, -0.05) is 32.1 Å². The highest BCUT2D eigenvalue weighted by molar-refractivity contribution is 5.17. The summed E-state index contributed by atoms with van der Waals surface area (Å²) >= 11 is 0. The van der Waals surface area contributed by atoms with Crippen molar-refractivity contribution >= 4 is 0 Å². The molecule has 16 heavy (non-hydrogen) atoms. The lowest BCUT2D eigenvalue weighted by molar-refractivity contribution is 0.122. The first-order valence-electron chi connectivity index (χ1n) is 5.59. The third-order valence-electron chi connectivity index (χ3n) is 2.92. The minimum atomic E-state index is -0.509. The molecule has 88 valence electrons. The van der Waals surface area contributed by atoms with Gasteiger partial charge in [0.15, 0.2) is 0 Å². The van der Waals surface area contributed by atoms with Gasteiger partial charge in [0.05, 0.1) is 6.10 Å². The van der Waals surface area contributed by atoms with Gasteiger partial charge in [-0.3, -0.25) is 0 Å². The minimum absolute atomic E-state index is 0.128. The van der Waals surface area contributed by atoms with Gasteiger partial charge in [-0.05, 0) is 36.0 Å². The average molecular weight is 222 g/mol. The molecule has 1 N–H and O–H groups in total. The fourth-order valence-electron chi connectivity index (χ4n) is 1.82. The normalized spacial score (nSPS) is 14.8. The van der Waals surface area contributed by atoms with Crippen LogP contribution >= 0.6 is 0 Å². The summed E-state index contributed by atoms with van der Waals surface area (Å²) < 4.78 is 12.7. The maximum atomic E-state index is 12.7. The lowest BCUT2D eigenvalue weighted by Crippen LogP contribution is -2.25. The molecule has 0 spiro atoms. The molecule has 0 saturated carbocycles. The van der Waals surface area contributed by atoms with Gasteiger partial charge >= 0.3 is 0 Å². The first kappa shape index (κ1) is 12.9. The zero-order valence-electron chi connectivity index (χ0n) is 9.86. The van der Waals surface area contributed by atoms with Crippen molar-refractivity contribution in [1.29, 1.82) is 0 Å². The molecule has 0 aromatic heterocycles. The molecule has 0 amide bonds. The van der Waals surface area contributed by atoms with E-state index in [2.05, 4.69) is 20.4 Å². The molecule has 0 aliphatic carbocycles. The van der Waals surface area contributed by atoms with Gasteiger partial charge in [0.25, 0.3) is 0 Å². The van der Waals surface area contributed by atoms with Crippen LogP contribution in [-0.2, 0) is 6.42 Å². The van der Waals surface area contributed by atoms with Crippen molar-refractivity contribution in [1.82, 2.24) is 0 Å². The van der Waals surface area contributed by atoms with Crippen LogP contribution in [0.1, 0.15) is 19.4 Å².